The van der Waals surface area contributed by atoms with Gasteiger partial charge in [0.25, 0.3) is 5.91 Å². The zero-order chi connectivity index (χ0) is 14.3. The van der Waals surface area contributed by atoms with Crippen molar-refractivity contribution < 1.29 is 4.79 Å². The molecule has 19 heavy (non-hydrogen) atoms. The van der Waals surface area contributed by atoms with Crippen molar-refractivity contribution in [1.29, 1.82) is 0 Å². The average molecular weight is 263 g/mol. The predicted octanol–water partition coefficient (Wildman–Crippen LogP) is 2.99. The van der Waals surface area contributed by atoms with Gasteiger partial charge in [-0.05, 0) is 31.9 Å². The molecule has 0 fully saturated rings. The molecule has 1 atom stereocenters. The number of carbonyl (C=O) groups excluding carboxylic acids is 1. The predicted molar refractivity (Wildman–Crippen MR) is 79.6 cm³/mol. The van der Waals surface area contributed by atoms with Crippen molar-refractivity contribution in [2.45, 2.75) is 52.5 Å². The fraction of sp³-hybridized carbons (Fsp3) is 0.600. The minimum atomic E-state index is -0.0165. The fourth-order valence-corrected chi connectivity index (χ4v) is 2.04. The van der Waals surface area contributed by atoms with Gasteiger partial charge in [0.2, 0.25) is 0 Å². The van der Waals surface area contributed by atoms with E-state index < -0.39 is 0 Å². The zero-order valence-electron chi connectivity index (χ0n) is 12.4. The van der Waals surface area contributed by atoms with Crippen molar-refractivity contribution in [2.24, 2.45) is 0 Å². The number of aryl methyl sites for hydroxylation is 1. The molecule has 0 bridgehead atoms. The molecule has 1 rings (SSSR count). The van der Waals surface area contributed by atoms with Crippen LogP contribution in [0.3, 0.4) is 0 Å². The van der Waals surface area contributed by atoms with Crippen molar-refractivity contribution >= 4 is 11.7 Å². The molecular weight excluding hydrogens is 238 g/mol. The number of aromatic nitrogens is 1. The summed E-state index contributed by atoms with van der Waals surface area (Å²) in [6.07, 6.45) is 3.98. The van der Waals surface area contributed by atoms with Crippen LogP contribution >= 0.6 is 0 Å². The fourth-order valence-electron chi connectivity index (χ4n) is 2.04. The molecule has 106 valence electrons. The van der Waals surface area contributed by atoms with E-state index in [9.17, 15) is 4.79 Å². The van der Waals surface area contributed by atoms with Crippen LogP contribution in [0.5, 0.6) is 0 Å². The quantitative estimate of drug-likeness (QED) is 0.795. The number of hydrogen-bond acceptors (Lipinski definition) is 3. The van der Waals surface area contributed by atoms with Crippen LogP contribution in [0.15, 0.2) is 12.1 Å². The Morgan fingerprint density at radius 3 is 2.63 bits per heavy atom. The number of nitrogens with zero attached hydrogens (tertiary/aromatic N) is 1. The van der Waals surface area contributed by atoms with E-state index in [0.29, 0.717) is 5.56 Å². The van der Waals surface area contributed by atoms with Crippen molar-refractivity contribution in [1.82, 2.24) is 10.3 Å². The lowest BCUT2D eigenvalue weighted by molar-refractivity contribution is 0.0938. The zero-order valence-corrected chi connectivity index (χ0v) is 12.4. The molecule has 0 aliphatic heterocycles. The summed E-state index contributed by atoms with van der Waals surface area (Å²) in [6.45, 7) is 6.26. The molecule has 4 nitrogen and oxygen atoms in total. The molecule has 2 N–H and O–H groups in total. The summed E-state index contributed by atoms with van der Waals surface area (Å²) in [6, 6.07) is 3.89. The number of anilines is 1. The lowest BCUT2D eigenvalue weighted by atomic mass is 10.1. The average Bonchev–Trinajstić information content (AvgIpc) is 2.38. The monoisotopic (exact) mass is 263 g/mol. The second-order valence-corrected chi connectivity index (χ2v) is 4.90. The van der Waals surface area contributed by atoms with Gasteiger partial charge in [-0.1, -0.05) is 26.7 Å². The molecule has 0 aliphatic rings. The number of nitrogens with one attached hydrogen (secondary N) is 2. The first kappa shape index (κ1) is 15.5. The molecule has 1 unspecified atom stereocenters. The van der Waals surface area contributed by atoms with Crippen LogP contribution in [0.25, 0.3) is 0 Å². The van der Waals surface area contributed by atoms with Crippen LogP contribution in [-0.4, -0.2) is 24.0 Å². The maximum absolute atomic E-state index is 12.2. The molecule has 0 radical (unpaired) electrons. The highest BCUT2D eigenvalue weighted by Crippen LogP contribution is 2.12. The molecular formula is C15H25N3O. The summed E-state index contributed by atoms with van der Waals surface area (Å²) in [4.78, 5) is 16.6. The minimum absolute atomic E-state index is 0.0165. The molecule has 1 aromatic rings. The van der Waals surface area contributed by atoms with Gasteiger partial charge in [0.15, 0.2) is 0 Å². The van der Waals surface area contributed by atoms with E-state index in [4.69, 9.17) is 0 Å². The van der Waals surface area contributed by atoms with E-state index in [2.05, 4.69) is 29.5 Å². The van der Waals surface area contributed by atoms with Gasteiger partial charge in [-0.25, -0.2) is 4.98 Å². The van der Waals surface area contributed by atoms with Crippen LogP contribution in [0, 0.1) is 0 Å². The van der Waals surface area contributed by atoms with E-state index in [0.717, 1.165) is 37.2 Å². The van der Waals surface area contributed by atoms with Crippen LogP contribution in [0.4, 0.5) is 5.82 Å². The number of pyridine rings is 1. The second-order valence-electron chi connectivity index (χ2n) is 4.90. The Morgan fingerprint density at radius 1 is 1.32 bits per heavy atom. The smallest absolute Gasteiger partial charge is 0.251 e. The molecule has 0 aliphatic carbocycles. The summed E-state index contributed by atoms with van der Waals surface area (Å²) in [5.74, 6) is 0.733. The topological polar surface area (TPSA) is 54.0 Å². The third-order valence-corrected chi connectivity index (χ3v) is 3.00. The van der Waals surface area contributed by atoms with Gasteiger partial charge < -0.3 is 10.6 Å². The molecule has 0 saturated heterocycles. The Morgan fingerprint density at radius 2 is 2.05 bits per heavy atom. The first-order chi connectivity index (χ1) is 9.10. The van der Waals surface area contributed by atoms with Gasteiger partial charge in [0, 0.05) is 24.3 Å². The van der Waals surface area contributed by atoms with Crippen molar-refractivity contribution in [2.75, 3.05) is 12.4 Å². The van der Waals surface area contributed by atoms with Gasteiger partial charge in [-0.15, -0.1) is 0 Å². The molecule has 0 saturated carbocycles. The summed E-state index contributed by atoms with van der Waals surface area (Å²) < 4.78 is 0. The highest BCUT2D eigenvalue weighted by molar-refractivity contribution is 5.95. The Labute approximate surface area is 116 Å². The number of hydrogen-bond donors (Lipinski definition) is 2. The lowest BCUT2D eigenvalue weighted by Crippen LogP contribution is -2.32. The third-order valence-electron chi connectivity index (χ3n) is 3.00. The van der Waals surface area contributed by atoms with E-state index in [1.807, 2.05) is 20.0 Å². The molecule has 1 amide bonds. The summed E-state index contributed by atoms with van der Waals surface area (Å²) >= 11 is 0. The van der Waals surface area contributed by atoms with Crippen molar-refractivity contribution in [3.05, 3.63) is 23.4 Å². The molecule has 0 aromatic carbocycles. The van der Waals surface area contributed by atoms with Crippen LogP contribution < -0.4 is 10.6 Å². The van der Waals surface area contributed by atoms with E-state index in [1.165, 1.54) is 0 Å². The minimum Gasteiger partial charge on any atom is -0.373 e. The SMILES string of the molecule is CCCc1cc(C(=O)NC(C)CCC)cc(NC)n1. The van der Waals surface area contributed by atoms with E-state index in [1.54, 1.807) is 6.07 Å². The van der Waals surface area contributed by atoms with Crippen LogP contribution in [0.2, 0.25) is 0 Å². The molecule has 1 heterocycles. The highest BCUT2D eigenvalue weighted by Gasteiger charge is 2.11. The number of rotatable bonds is 7. The highest BCUT2D eigenvalue weighted by atomic mass is 16.1. The standard InChI is InChI=1S/C15H25N3O/c1-5-7-11(3)17-15(19)12-9-13(8-6-2)18-14(10-12)16-4/h9-11H,5-8H2,1-4H3,(H,16,18)(H,17,19). The summed E-state index contributed by atoms with van der Waals surface area (Å²) in [7, 11) is 1.82. The Bertz CT molecular complexity index is 418. The van der Waals surface area contributed by atoms with Crippen molar-refractivity contribution in [3.63, 3.8) is 0 Å². The summed E-state index contributed by atoms with van der Waals surface area (Å²) in [5, 5.41) is 6.03. The van der Waals surface area contributed by atoms with E-state index >= 15 is 0 Å². The summed E-state index contributed by atoms with van der Waals surface area (Å²) in [5.41, 5.74) is 1.65. The first-order valence-electron chi connectivity index (χ1n) is 7.10. The molecule has 4 heteroatoms. The first-order valence-corrected chi connectivity index (χ1v) is 7.10. The third kappa shape index (κ3) is 4.89. The van der Waals surface area contributed by atoms with Gasteiger partial charge in [0.1, 0.15) is 5.82 Å². The van der Waals surface area contributed by atoms with Gasteiger partial charge in [-0.3, -0.25) is 4.79 Å². The Hall–Kier alpha value is -1.58. The van der Waals surface area contributed by atoms with Gasteiger partial charge in [0.05, 0.1) is 0 Å². The van der Waals surface area contributed by atoms with Gasteiger partial charge in [-0.2, -0.15) is 0 Å². The number of amides is 1. The van der Waals surface area contributed by atoms with E-state index in [-0.39, 0.29) is 11.9 Å². The Balaban J connectivity index is 2.85. The maximum Gasteiger partial charge on any atom is 0.251 e. The van der Waals surface area contributed by atoms with Gasteiger partial charge >= 0.3 is 0 Å². The second kappa shape index (κ2) is 7.77. The maximum atomic E-state index is 12.2. The van der Waals surface area contributed by atoms with Crippen LogP contribution in [0.1, 0.15) is 56.1 Å². The van der Waals surface area contributed by atoms with Crippen molar-refractivity contribution in [3.8, 4) is 0 Å². The molecule has 0 spiro atoms. The lowest BCUT2D eigenvalue weighted by Gasteiger charge is -2.14. The molecule has 1 aromatic heterocycles. The number of carbonyl (C=O) groups is 1. The largest absolute Gasteiger partial charge is 0.373 e. The van der Waals surface area contributed by atoms with Crippen LogP contribution in [-0.2, 0) is 6.42 Å². The normalized spacial score (nSPS) is 12.0. The Kier molecular flexibility index (Phi) is 6.33.